The van der Waals surface area contributed by atoms with Gasteiger partial charge in [-0.15, -0.1) is 0 Å². The van der Waals surface area contributed by atoms with E-state index in [1.165, 1.54) is 19.4 Å². The minimum atomic E-state index is -1.22. The third kappa shape index (κ3) is 9.06. The molecule has 4 amide bonds. The quantitative estimate of drug-likeness (QED) is 0.296. The van der Waals surface area contributed by atoms with Crippen molar-refractivity contribution in [3.05, 3.63) is 18.2 Å². The SMILES string of the molecule is CC(NC(=O)C(Cc1cn(C(=O)OC(C)(C)C)cn1)NC(=O)OC(C)(C)C)C(=O)NC(C(=O)N1CCCC1B1OC2C3CC(C[C@]2(C)O1)C3(C)C)C(C)C. The number of hydrogen-bond donors (Lipinski definition) is 3. The normalized spacial score (nSPS) is 27.6. The molecule has 3 N–H and O–H groups in total. The van der Waals surface area contributed by atoms with Crippen LogP contribution >= 0.6 is 0 Å². The molecule has 5 fully saturated rings. The van der Waals surface area contributed by atoms with E-state index in [9.17, 15) is 24.0 Å². The van der Waals surface area contributed by atoms with Crippen LogP contribution in [0.4, 0.5) is 9.59 Å². The van der Waals surface area contributed by atoms with Crippen LogP contribution < -0.4 is 16.0 Å². The van der Waals surface area contributed by atoms with Crippen LogP contribution in [-0.4, -0.2) is 105 Å². The van der Waals surface area contributed by atoms with E-state index in [2.05, 4.69) is 41.7 Å². The summed E-state index contributed by atoms with van der Waals surface area (Å²) in [6.45, 7) is 22.8. The summed E-state index contributed by atoms with van der Waals surface area (Å²) in [5, 5.41) is 8.12. The highest BCUT2D eigenvalue weighted by Gasteiger charge is 2.68. The fourth-order valence-corrected chi connectivity index (χ4v) is 8.36. The van der Waals surface area contributed by atoms with Crippen molar-refractivity contribution in [1.29, 1.82) is 0 Å². The van der Waals surface area contributed by atoms with E-state index in [1.807, 2.05) is 13.8 Å². The molecular weight excluding hydrogens is 695 g/mol. The molecule has 1 aromatic heterocycles. The number of amides is 4. The molecule has 1 aromatic rings. The largest absolute Gasteiger partial charge is 0.481 e. The fraction of sp³-hybridized carbons (Fsp3) is 0.789. The number of carbonyl (C=O) groups excluding carboxylic acids is 5. The summed E-state index contributed by atoms with van der Waals surface area (Å²) in [7, 11) is -0.534. The number of imidazole rings is 1. The summed E-state index contributed by atoms with van der Waals surface area (Å²) in [4.78, 5) is 72.8. The van der Waals surface area contributed by atoms with Crippen molar-refractivity contribution in [1.82, 2.24) is 30.4 Å². The van der Waals surface area contributed by atoms with Crippen molar-refractivity contribution in [3.8, 4) is 0 Å². The van der Waals surface area contributed by atoms with Gasteiger partial charge in [0, 0.05) is 19.2 Å². The molecule has 0 spiro atoms. The van der Waals surface area contributed by atoms with Crippen molar-refractivity contribution in [3.63, 3.8) is 0 Å². The van der Waals surface area contributed by atoms with Gasteiger partial charge in [-0.05, 0) is 104 Å². The van der Waals surface area contributed by atoms with Crippen LogP contribution in [0.1, 0.15) is 114 Å². The molecule has 3 aliphatic carbocycles. The van der Waals surface area contributed by atoms with Crippen molar-refractivity contribution in [2.75, 3.05) is 6.54 Å². The number of hydrogen-bond acceptors (Lipinski definition) is 10. The molecule has 8 atom stereocenters. The van der Waals surface area contributed by atoms with Crippen molar-refractivity contribution in [2.45, 2.75) is 162 Å². The molecular formula is C38H61BN6O9. The smallest absolute Gasteiger partial charge is 0.444 e. The van der Waals surface area contributed by atoms with Gasteiger partial charge in [0.2, 0.25) is 17.7 Å². The Bertz CT molecular complexity index is 1600. The summed E-state index contributed by atoms with van der Waals surface area (Å²) in [5.41, 5.74) is -1.43. The van der Waals surface area contributed by atoms with Crippen LogP contribution in [0.2, 0.25) is 0 Å². The van der Waals surface area contributed by atoms with E-state index in [0.29, 0.717) is 24.1 Å². The summed E-state index contributed by atoms with van der Waals surface area (Å²) in [6.07, 6.45) is 4.65. The predicted octanol–water partition coefficient (Wildman–Crippen LogP) is 4.01. The van der Waals surface area contributed by atoms with Gasteiger partial charge < -0.3 is 39.6 Å². The lowest BCUT2D eigenvalue weighted by molar-refractivity contribution is -0.185. The molecule has 15 nitrogen and oxygen atoms in total. The first kappa shape index (κ1) is 41.5. The first-order chi connectivity index (χ1) is 24.9. The molecule has 300 valence electrons. The third-order valence-corrected chi connectivity index (χ3v) is 11.4. The molecule has 2 saturated heterocycles. The topological polar surface area (TPSA) is 179 Å². The van der Waals surface area contributed by atoms with Crippen LogP contribution in [0, 0.1) is 23.2 Å². The van der Waals surface area contributed by atoms with Gasteiger partial charge in [-0.1, -0.05) is 27.7 Å². The molecule has 2 bridgehead atoms. The number of likely N-dealkylation sites (tertiary alicyclic amines) is 1. The summed E-state index contributed by atoms with van der Waals surface area (Å²) in [6, 6.07) is -3.17. The van der Waals surface area contributed by atoms with Crippen molar-refractivity contribution < 1.29 is 42.8 Å². The Kier molecular flexibility index (Phi) is 11.6. The van der Waals surface area contributed by atoms with Crippen molar-refractivity contribution in [2.24, 2.45) is 23.2 Å². The van der Waals surface area contributed by atoms with E-state index < -0.39 is 60.4 Å². The summed E-state index contributed by atoms with van der Waals surface area (Å²) >= 11 is 0. The van der Waals surface area contributed by atoms with Gasteiger partial charge in [-0.3, -0.25) is 14.4 Å². The molecule has 0 aromatic carbocycles. The highest BCUT2D eigenvalue weighted by Crippen LogP contribution is 2.65. The maximum atomic E-state index is 14.2. The second-order valence-electron chi connectivity index (χ2n) is 18.8. The number of nitrogens with one attached hydrogen (secondary N) is 3. The second kappa shape index (κ2) is 15.1. The minimum Gasteiger partial charge on any atom is -0.444 e. The fourth-order valence-electron chi connectivity index (χ4n) is 8.36. The maximum absolute atomic E-state index is 14.2. The maximum Gasteiger partial charge on any atom is 0.481 e. The van der Waals surface area contributed by atoms with Gasteiger partial charge in [0.1, 0.15) is 35.7 Å². The van der Waals surface area contributed by atoms with Crippen LogP contribution in [-0.2, 0) is 39.6 Å². The van der Waals surface area contributed by atoms with Crippen LogP contribution in [0.5, 0.6) is 0 Å². The molecule has 6 rings (SSSR count). The summed E-state index contributed by atoms with van der Waals surface area (Å²) in [5.74, 6) is -0.980. The molecule has 54 heavy (non-hydrogen) atoms. The first-order valence-electron chi connectivity index (χ1n) is 19.4. The Balaban J connectivity index is 1.23. The van der Waals surface area contributed by atoms with Crippen molar-refractivity contribution >= 4 is 37.0 Å². The molecule has 5 aliphatic rings. The van der Waals surface area contributed by atoms with E-state index in [1.54, 1.807) is 46.4 Å². The zero-order chi connectivity index (χ0) is 40.1. The second-order valence-corrected chi connectivity index (χ2v) is 18.8. The van der Waals surface area contributed by atoms with Crippen LogP contribution in [0.3, 0.4) is 0 Å². The highest BCUT2D eigenvalue weighted by atomic mass is 16.7. The van der Waals surface area contributed by atoms with Gasteiger partial charge in [0.25, 0.3) is 0 Å². The standard InChI is InChI=1S/C38H61BN6O9/c1-21(2)28(32(48)45-15-13-14-27(45)39-53-29-25-16-23(37(25,10)11)18-38(29,12)54-39)43-30(46)22(3)41-31(47)26(42-33(49)51-35(4,5)6)17-24-19-44(20-40-24)34(50)52-36(7,8)9/h19-23,25-29H,13-18H2,1-12H3,(H,41,47)(H,42,49)(H,43,46)/t22?,23?,25?,26?,27?,28?,29?,38-/m0/s1. The van der Waals surface area contributed by atoms with Crippen LogP contribution in [0.15, 0.2) is 12.5 Å². The van der Waals surface area contributed by atoms with E-state index in [0.717, 1.165) is 30.3 Å². The molecule has 16 heteroatoms. The van der Waals surface area contributed by atoms with Crippen LogP contribution in [0.25, 0.3) is 0 Å². The van der Waals surface area contributed by atoms with Gasteiger partial charge in [-0.2, -0.15) is 0 Å². The highest BCUT2D eigenvalue weighted by molar-refractivity contribution is 6.48. The minimum absolute atomic E-state index is 0.0144. The number of nitrogens with zero attached hydrogens (tertiary/aromatic N) is 3. The third-order valence-electron chi connectivity index (χ3n) is 11.4. The average molecular weight is 757 g/mol. The van der Waals surface area contributed by atoms with E-state index in [4.69, 9.17) is 18.8 Å². The Morgan fingerprint density at radius 1 is 0.981 bits per heavy atom. The first-order valence-corrected chi connectivity index (χ1v) is 19.4. The molecule has 2 aliphatic heterocycles. The van der Waals surface area contributed by atoms with E-state index >= 15 is 0 Å². The van der Waals surface area contributed by atoms with E-state index in [-0.39, 0.29) is 41.3 Å². The number of carbonyl (C=O) groups is 5. The number of aromatic nitrogens is 2. The van der Waals surface area contributed by atoms with Gasteiger partial charge in [0.15, 0.2) is 0 Å². The van der Waals surface area contributed by atoms with Gasteiger partial charge in [-0.25, -0.2) is 19.1 Å². The molecule has 7 unspecified atom stereocenters. The zero-order valence-corrected chi connectivity index (χ0v) is 34.1. The summed E-state index contributed by atoms with van der Waals surface area (Å²) < 4.78 is 25.2. The average Bonchev–Trinajstić information content (AvgIpc) is 3.79. The number of alkyl carbamates (subject to hydrolysis) is 1. The predicted molar refractivity (Wildman–Crippen MR) is 200 cm³/mol. The Morgan fingerprint density at radius 3 is 2.26 bits per heavy atom. The Morgan fingerprint density at radius 2 is 1.65 bits per heavy atom. The number of rotatable bonds is 10. The number of ether oxygens (including phenoxy) is 2. The lowest BCUT2D eigenvalue weighted by Crippen LogP contribution is -2.63. The van der Waals surface area contributed by atoms with Gasteiger partial charge >= 0.3 is 19.3 Å². The molecule has 3 heterocycles. The molecule has 3 saturated carbocycles. The monoisotopic (exact) mass is 756 g/mol. The Labute approximate surface area is 319 Å². The zero-order valence-electron chi connectivity index (χ0n) is 34.1. The lowest BCUT2D eigenvalue weighted by atomic mass is 9.45. The van der Waals surface area contributed by atoms with Gasteiger partial charge in [0.05, 0.1) is 23.3 Å². The molecule has 0 radical (unpaired) electrons. The Hall–Kier alpha value is -3.66. The lowest BCUT2D eigenvalue weighted by Gasteiger charge is -2.63.